The van der Waals surface area contributed by atoms with Crippen LogP contribution in [0.5, 0.6) is 11.5 Å². The summed E-state index contributed by atoms with van der Waals surface area (Å²) in [5, 5.41) is 5.10. The van der Waals surface area contributed by atoms with Crippen LogP contribution in [0.4, 0.5) is 4.79 Å². The first kappa shape index (κ1) is 15.8. The predicted octanol–water partition coefficient (Wildman–Crippen LogP) is 0.378. The van der Waals surface area contributed by atoms with Crippen molar-refractivity contribution in [3.63, 3.8) is 0 Å². The van der Waals surface area contributed by atoms with Crippen LogP contribution < -0.4 is 25.8 Å². The Balaban J connectivity index is 2.73. The summed E-state index contributed by atoms with van der Waals surface area (Å²) in [6.45, 7) is 3.11. The number of hydrogen-bond acceptors (Lipinski definition) is 5. The molecule has 0 aliphatic heterocycles. The van der Waals surface area contributed by atoms with Crippen molar-refractivity contribution in [1.29, 1.82) is 0 Å². The normalized spacial score (nSPS) is 9.90. The van der Waals surface area contributed by atoms with Crippen LogP contribution >= 0.6 is 0 Å². The zero-order valence-electron chi connectivity index (χ0n) is 11.6. The van der Waals surface area contributed by atoms with E-state index in [1.165, 1.54) is 0 Å². The molecule has 1 aromatic rings. The number of amides is 3. The van der Waals surface area contributed by atoms with Crippen molar-refractivity contribution in [2.24, 2.45) is 5.73 Å². The Morgan fingerprint density at radius 2 is 2.10 bits per heavy atom. The number of carbonyl (C=O) groups excluding carboxylic acids is 2. The van der Waals surface area contributed by atoms with E-state index in [1.807, 2.05) is 24.4 Å². The Bertz CT molecular complexity index is 477. The number of nitrogens with two attached hydrogens (primary N) is 1. The Hall–Kier alpha value is -2.28. The number of methoxy groups -OCH3 is 1. The van der Waals surface area contributed by atoms with Crippen LogP contribution in [0.25, 0.3) is 0 Å². The lowest BCUT2D eigenvalue weighted by Crippen LogP contribution is -2.38. The van der Waals surface area contributed by atoms with Crippen molar-refractivity contribution in [3.8, 4) is 11.5 Å². The molecule has 0 bridgehead atoms. The van der Waals surface area contributed by atoms with Gasteiger partial charge in [0.2, 0.25) is 0 Å². The molecule has 0 atom stereocenters. The minimum absolute atomic E-state index is 0.296. The number of nitrogens with one attached hydrogen (secondary N) is 2. The number of hydrogen-bond donors (Lipinski definition) is 3. The molecule has 0 saturated carbocycles. The molecule has 1 aromatic carbocycles. The maximum Gasteiger partial charge on any atom is 0.318 e. The standard InChI is InChI=1S/C13H19N3O4/c1-3-15-7-9-4-5-10(19-2)6-11(9)20-8-12(17)16-13(14)18/h4-6,15H,3,7-8H2,1-2H3,(H3,14,16,17,18). The van der Waals surface area contributed by atoms with E-state index in [4.69, 9.17) is 15.2 Å². The molecule has 110 valence electrons. The molecule has 0 aliphatic carbocycles. The van der Waals surface area contributed by atoms with Gasteiger partial charge in [0, 0.05) is 18.2 Å². The van der Waals surface area contributed by atoms with Gasteiger partial charge in [-0.05, 0) is 12.6 Å². The molecule has 0 aromatic heterocycles. The molecule has 7 nitrogen and oxygen atoms in total. The number of rotatable bonds is 7. The predicted molar refractivity (Wildman–Crippen MR) is 73.6 cm³/mol. The molecule has 0 fully saturated rings. The van der Waals surface area contributed by atoms with E-state index in [9.17, 15) is 9.59 Å². The molecular formula is C13H19N3O4. The van der Waals surface area contributed by atoms with E-state index < -0.39 is 11.9 Å². The van der Waals surface area contributed by atoms with Gasteiger partial charge in [-0.1, -0.05) is 13.0 Å². The molecule has 0 heterocycles. The van der Waals surface area contributed by atoms with Crippen LogP contribution in [0.15, 0.2) is 18.2 Å². The van der Waals surface area contributed by atoms with Crippen LogP contribution in [0.3, 0.4) is 0 Å². The summed E-state index contributed by atoms with van der Waals surface area (Å²) in [4.78, 5) is 21.9. The minimum atomic E-state index is -0.905. The SMILES string of the molecule is CCNCc1ccc(OC)cc1OCC(=O)NC(N)=O. The summed E-state index contributed by atoms with van der Waals surface area (Å²) in [7, 11) is 1.54. The van der Waals surface area contributed by atoms with Gasteiger partial charge in [0.05, 0.1) is 7.11 Å². The zero-order chi connectivity index (χ0) is 15.0. The molecule has 0 spiro atoms. The summed E-state index contributed by atoms with van der Waals surface area (Å²) in [5.41, 5.74) is 5.74. The lowest BCUT2D eigenvalue weighted by Gasteiger charge is -2.13. The first-order chi connectivity index (χ1) is 9.56. The maximum atomic E-state index is 11.3. The fourth-order valence-corrected chi connectivity index (χ4v) is 1.52. The Labute approximate surface area is 117 Å². The van der Waals surface area contributed by atoms with Crippen LogP contribution in [-0.2, 0) is 11.3 Å². The smallest absolute Gasteiger partial charge is 0.318 e. The van der Waals surface area contributed by atoms with Crippen molar-refractivity contribution in [1.82, 2.24) is 10.6 Å². The minimum Gasteiger partial charge on any atom is -0.497 e. The van der Waals surface area contributed by atoms with Crippen LogP contribution in [-0.4, -0.2) is 32.2 Å². The fourth-order valence-electron chi connectivity index (χ4n) is 1.52. The average molecular weight is 281 g/mol. The van der Waals surface area contributed by atoms with E-state index in [-0.39, 0.29) is 6.61 Å². The first-order valence-electron chi connectivity index (χ1n) is 6.16. The highest BCUT2D eigenvalue weighted by Gasteiger charge is 2.09. The van der Waals surface area contributed by atoms with Gasteiger partial charge < -0.3 is 20.5 Å². The fraction of sp³-hybridized carbons (Fsp3) is 0.385. The van der Waals surface area contributed by atoms with Crippen LogP contribution in [0.2, 0.25) is 0 Å². The van der Waals surface area contributed by atoms with Crippen molar-refractivity contribution in [3.05, 3.63) is 23.8 Å². The van der Waals surface area contributed by atoms with Gasteiger partial charge in [-0.3, -0.25) is 10.1 Å². The highest BCUT2D eigenvalue weighted by Crippen LogP contribution is 2.24. The number of urea groups is 1. The third-order valence-corrected chi connectivity index (χ3v) is 2.46. The van der Waals surface area contributed by atoms with Crippen molar-refractivity contribution in [2.45, 2.75) is 13.5 Å². The summed E-state index contributed by atoms with van der Waals surface area (Å²) < 4.78 is 10.5. The van der Waals surface area contributed by atoms with Gasteiger partial charge in [-0.15, -0.1) is 0 Å². The Morgan fingerprint density at radius 1 is 1.35 bits per heavy atom. The molecule has 3 amide bonds. The van der Waals surface area contributed by atoms with Crippen LogP contribution in [0.1, 0.15) is 12.5 Å². The Morgan fingerprint density at radius 3 is 2.70 bits per heavy atom. The highest BCUT2D eigenvalue weighted by molar-refractivity contribution is 5.94. The summed E-state index contributed by atoms with van der Waals surface area (Å²) in [6, 6.07) is 4.44. The highest BCUT2D eigenvalue weighted by atomic mass is 16.5. The quantitative estimate of drug-likeness (QED) is 0.670. The number of imide groups is 1. The average Bonchev–Trinajstić information content (AvgIpc) is 2.42. The molecule has 0 unspecified atom stereocenters. The summed E-state index contributed by atoms with van der Waals surface area (Å²) >= 11 is 0. The molecule has 7 heteroatoms. The van der Waals surface area contributed by atoms with Gasteiger partial charge in [-0.25, -0.2) is 4.79 Å². The largest absolute Gasteiger partial charge is 0.497 e. The lowest BCUT2D eigenvalue weighted by atomic mass is 10.2. The molecule has 1 rings (SSSR count). The second-order valence-corrected chi connectivity index (χ2v) is 3.96. The third-order valence-electron chi connectivity index (χ3n) is 2.46. The summed E-state index contributed by atoms with van der Waals surface area (Å²) in [6.07, 6.45) is 0. The molecule has 0 aliphatic rings. The lowest BCUT2D eigenvalue weighted by molar-refractivity contribution is -0.121. The Kier molecular flexibility index (Phi) is 6.31. The third kappa shape index (κ3) is 5.15. The second-order valence-electron chi connectivity index (χ2n) is 3.96. The number of ether oxygens (including phenoxy) is 2. The number of carbonyl (C=O) groups is 2. The van der Waals surface area contributed by atoms with Gasteiger partial charge in [-0.2, -0.15) is 0 Å². The maximum absolute atomic E-state index is 11.3. The van der Waals surface area contributed by atoms with E-state index in [0.29, 0.717) is 18.0 Å². The number of primary amides is 1. The zero-order valence-corrected chi connectivity index (χ0v) is 11.6. The van der Waals surface area contributed by atoms with Gasteiger partial charge in [0.25, 0.3) is 5.91 Å². The molecule has 0 saturated heterocycles. The van der Waals surface area contributed by atoms with Gasteiger partial charge in [0.15, 0.2) is 6.61 Å². The van der Waals surface area contributed by atoms with Crippen molar-refractivity contribution in [2.75, 3.05) is 20.3 Å². The topological polar surface area (TPSA) is 103 Å². The van der Waals surface area contributed by atoms with Crippen molar-refractivity contribution < 1.29 is 19.1 Å². The van der Waals surface area contributed by atoms with Crippen LogP contribution in [0, 0.1) is 0 Å². The van der Waals surface area contributed by atoms with E-state index in [2.05, 4.69) is 5.32 Å². The van der Waals surface area contributed by atoms with Crippen molar-refractivity contribution >= 4 is 11.9 Å². The molecule has 0 radical (unpaired) electrons. The van der Waals surface area contributed by atoms with E-state index in [1.54, 1.807) is 13.2 Å². The van der Waals surface area contributed by atoms with E-state index >= 15 is 0 Å². The molecule has 20 heavy (non-hydrogen) atoms. The van der Waals surface area contributed by atoms with E-state index in [0.717, 1.165) is 12.1 Å². The van der Waals surface area contributed by atoms with Gasteiger partial charge in [0.1, 0.15) is 11.5 Å². The molecular weight excluding hydrogens is 262 g/mol. The van der Waals surface area contributed by atoms with Gasteiger partial charge >= 0.3 is 6.03 Å². The molecule has 4 N–H and O–H groups in total. The summed E-state index contributed by atoms with van der Waals surface area (Å²) in [5.74, 6) is 0.537. The first-order valence-corrected chi connectivity index (χ1v) is 6.16. The second kappa shape index (κ2) is 8.00. The monoisotopic (exact) mass is 281 g/mol. The number of benzene rings is 1.